The van der Waals surface area contributed by atoms with Gasteiger partial charge in [0.25, 0.3) is 0 Å². The van der Waals surface area contributed by atoms with Gasteiger partial charge in [-0.2, -0.15) is 0 Å². The Hall–Kier alpha value is -1.44. The third-order valence-corrected chi connectivity index (χ3v) is 4.76. The molecule has 7 heteroatoms. The second kappa shape index (κ2) is 5.51. The molecule has 1 heterocycles. The molecule has 0 unspecified atom stereocenters. The lowest BCUT2D eigenvalue weighted by atomic mass is 9.97. The zero-order chi connectivity index (χ0) is 14.9. The van der Waals surface area contributed by atoms with Crippen molar-refractivity contribution in [1.82, 2.24) is 5.32 Å². The zero-order valence-corrected chi connectivity index (χ0v) is 12.3. The lowest BCUT2D eigenvalue weighted by molar-refractivity contribution is -0.120. The predicted molar refractivity (Wildman–Crippen MR) is 76.7 cm³/mol. The van der Waals surface area contributed by atoms with Crippen LogP contribution in [0.25, 0.3) is 0 Å². The van der Waals surface area contributed by atoms with Crippen LogP contribution in [0, 0.1) is 18.8 Å². The Kier molecular flexibility index (Phi) is 4.12. The standard InChI is InChI=1S/C13H19N3O3S/c1-8-6-15-7-10(8)13(17)16-11-4-3-5-12(9(11)2)20(14,18)19/h3-5,8,10,15H,6-7H2,1-2H3,(H,16,17)(H2,14,18,19)/t8-,10-/m1/s1. The highest BCUT2D eigenvalue weighted by molar-refractivity contribution is 7.89. The van der Waals surface area contributed by atoms with Gasteiger partial charge in [0.15, 0.2) is 0 Å². The molecule has 0 radical (unpaired) electrons. The van der Waals surface area contributed by atoms with E-state index in [1.165, 1.54) is 6.07 Å². The number of benzene rings is 1. The van der Waals surface area contributed by atoms with Crippen LogP contribution in [0.1, 0.15) is 12.5 Å². The lowest BCUT2D eigenvalue weighted by Crippen LogP contribution is -2.28. The molecule has 1 aliphatic heterocycles. The van der Waals surface area contributed by atoms with E-state index >= 15 is 0 Å². The molecular formula is C13H19N3O3S. The van der Waals surface area contributed by atoms with Gasteiger partial charge in [0.05, 0.1) is 10.8 Å². The van der Waals surface area contributed by atoms with Crippen molar-refractivity contribution in [3.8, 4) is 0 Å². The topological polar surface area (TPSA) is 101 Å². The van der Waals surface area contributed by atoms with E-state index in [9.17, 15) is 13.2 Å². The quantitative estimate of drug-likeness (QED) is 0.753. The first-order valence-electron chi connectivity index (χ1n) is 6.44. The van der Waals surface area contributed by atoms with E-state index in [1.807, 2.05) is 6.92 Å². The number of sulfonamides is 1. The van der Waals surface area contributed by atoms with Gasteiger partial charge >= 0.3 is 0 Å². The van der Waals surface area contributed by atoms with Gasteiger partial charge < -0.3 is 10.6 Å². The van der Waals surface area contributed by atoms with Gasteiger partial charge in [-0.25, -0.2) is 13.6 Å². The molecule has 1 aromatic carbocycles. The molecule has 110 valence electrons. The Labute approximate surface area is 118 Å². The van der Waals surface area contributed by atoms with Crippen LogP contribution in [-0.4, -0.2) is 27.4 Å². The molecule has 20 heavy (non-hydrogen) atoms. The van der Waals surface area contributed by atoms with Crippen LogP contribution >= 0.6 is 0 Å². The van der Waals surface area contributed by atoms with Crippen LogP contribution in [0.4, 0.5) is 5.69 Å². The van der Waals surface area contributed by atoms with Crippen molar-refractivity contribution < 1.29 is 13.2 Å². The van der Waals surface area contributed by atoms with Crippen molar-refractivity contribution in [3.05, 3.63) is 23.8 Å². The summed E-state index contributed by atoms with van der Waals surface area (Å²) in [6.45, 7) is 5.10. The molecule has 1 saturated heterocycles. The molecule has 2 atom stereocenters. The van der Waals surface area contributed by atoms with Crippen LogP contribution in [0.2, 0.25) is 0 Å². The largest absolute Gasteiger partial charge is 0.326 e. The van der Waals surface area contributed by atoms with Crippen molar-refractivity contribution in [2.45, 2.75) is 18.7 Å². The molecule has 0 bridgehead atoms. The molecule has 6 nitrogen and oxygen atoms in total. The van der Waals surface area contributed by atoms with Gasteiger partial charge in [-0.1, -0.05) is 13.0 Å². The second-order valence-electron chi connectivity index (χ2n) is 5.20. The van der Waals surface area contributed by atoms with Crippen LogP contribution in [0.5, 0.6) is 0 Å². The molecule has 1 aliphatic rings. The number of carbonyl (C=O) groups excluding carboxylic acids is 1. The van der Waals surface area contributed by atoms with Gasteiger partial charge in [-0.15, -0.1) is 0 Å². The maximum absolute atomic E-state index is 12.2. The van der Waals surface area contributed by atoms with E-state index in [0.29, 0.717) is 17.8 Å². The fraction of sp³-hybridized carbons (Fsp3) is 0.462. The van der Waals surface area contributed by atoms with E-state index in [2.05, 4.69) is 10.6 Å². The minimum Gasteiger partial charge on any atom is -0.326 e. The third-order valence-electron chi connectivity index (χ3n) is 3.70. The second-order valence-corrected chi connectivity index (χ2v) is 6.73. The van der Waals surface area contributed by atoms with E-state index < -0.39 is 10.0 Å². The average molecular weight is 297 g/mol. The summed E-state index contributed by atoms with van der Waals surface area (Å²) < 4.78 is 22.9. The van der Waals surface area contributed by atoms with E-state index in [0.717, 1.165) is 6.54 Å². The number of hydrogen-bond donors (Lipinski definition) is 3. The molecule has 0 aromatic heterocycles. The maximum atomic E-state index is 12.2. The summed E-state index contributed by atoms with van der Waals surface area (Å²) in [5, 5.41) is 11.1. The van der Waals surface area contributed by atoms with Crippen LogP contribution in [0.15, 0.2) is 23.1 Å². The summed E-state index contributed by atoms with van der Waals surface area (Å²) in [4.78, 5) is 12.2. The summed E-state index contributed by atoms with van der Waals surface area (Å²) in [5.74, 6) is 0.0569. The zero-order valence-electron chi connectivity index (χ0n) is 11.5. The van der Waals surface area contributed by atoms with Gasteiger partial charge in [0, 0.05) is 12.2 Å². The molecule has 0 saturated carbocycles. The summed E-state index contributed by atoms with van der Waals surface area (Å²) in [7, 11) is -3.79. The first kappa shape index (κ1) is 15.0. The van der Waals surface area contributed by atoms with E-state index in [-0.39, 0.29) is 22.6 Å². The van der Waals surface area contributed by atoms with Crippen molar-refractivity contribution in [1.29, 1.82) is 0 Å². The molecular weight excluding hydrogens is 278 g/mol. The number of rotatable bonds is 3. The van der Waals surface area contributed by atoms with E-state index in [1.54, 1.807) is 19.1 Å². The first-order chi connectivity index (χ1) is 9.30. The smallest absolute Gasteiger partial charge is 0.238 e. The van der Waals surface area contributed by atoms with Gasteiger partial charge in [-0.05, 0) is 37.1 Å². The van der Waals surface area contributed by atoms with Crippen molar-refractivity contribution in [2.24, 2.45) is 17.0 Å². The Bertz CT molecular complexity index is 628. The first-order valence-corrected chi connectivity index (χ1v) is 7.99. The van der Waals surface area contributed by atoms with Crippen molar-refractivity contribution in [2.75, 3.05) is 18.4 Å². The Balaban J connectivity index is 2.24. The Morgan fingerprint density at radius 2 is 2.10 bits per heavy atom. The maximum Gasteiger partial charge on any atom is 0.238 e. The number of hydrogen-bond acceptors (Lipinski definition) is 4. The van der Waals surface area contributed by atoms with Gasteiger partial charge in [0.1, 0.15) is 0 Å². The van der Waals surface area contributed by atoms with Crippen LogP contribution in [-0.2, 0) is 14.8 Å². The molecule has 2 rings (SSSR count). The summed E-state index contributed by atoms with van der Waals surface area (Å²) in [6.07, 6.45) is 0. The van der Waals surface area contributed by atoms with Crippen LogP contribution in [0.3, 0.4) is 0 Å². The molecule has 1 amide bonds. The summed E-state index contributed by atoms with van der Waals surface area (Å²) in [6, 6.07) is 4.67. The normalized spacial score (nSPS) is 22.8. The number of carbonyl (C=O) groups is 1. The molecule has 0 spiro atoms. The number of anilines is 1. The van der Waals surface area contributed by atoms with Crippen molar-refractivity contribution in [3.63, 3.8) is 0 Å². The number of primary sulfonamides is 1. The number of nitrogens with two attached hydrogens (primary N) is 1. The van der Waals surface area contributed by atoms with Crippen LogP contribution < -0.4 is 15.8 Å². The third kappa shape index (κ3) is 3.00. The number of nitrogens with one attached hydrogen (secondary N) is 2. The average Bonchev–Trinajstić information content (AvgIpc) is 2.76. The molecule has 1 fully saturated rings. The molecule has 4 N–H and O–H groups in total. The van der Waals surface area contributed by atoms with E-state index in [4.69, 9.17) is 5.14 Å². The highest BCUT2D eigenvalue weighted by Gasteiger charge is 2.30. The fourth-order valence-electron chi connectivity index (χ4n) is 2.44. The monoisotopic (exact) mass is 297 g/mol. The summed E-state index contributed by atoms with van der Waals surface area (Å²) in [5.41, 5.74) is 0.947. The van der Waals surface area contributed by atoms with Crippen molar-refractivity contribution >= 4 is 21.6 Å². The SMILES string of the molecule is Cc1c(NC(=O)[C@@H]2CNC[C@H]2C)cccc1S(N)(=O)=O. The predicted octanol–water partition coefficient (Wildman–Crippen LogP) is 0.436. The fourth-order valence-corrected chi connectivity index (χ4v) is 3.25. The minimum absolute atomic E-state index is 0.0351. The molecule has 1 aromatic rings. The Morgan fingerprint density at radius 1 is 1.40 bits per heavy atom. The lowest BCUT2D eigenvalue weighted by Gasteiger charge is -2.16. The molecule has 0 aliphatic carbocycles. The van der Waals surface area contributed by atoms with Gasteiger partial charge in [0.2, 0.25) is 15.9 Å². The van der Waals surface area contributed by atoms with Gasteiger partial charge in [-0.3, -0.25) is 4.79 Å². The minimum atomic E-state index is -3.79. The summed E-state index contributed by atoms with van der Waals surface area (Å²) >= 11 is 0. The Morgan fingerprint density at radius 3 is 2.65 bits per heavy atom. The number of amides is 1. The highest BCUT2D eigenvalue weighted by atomic mass is 32.2. The highest BCUT2D eigenvalue weighted by Crippen LogP contribution is 2.24.